The van der Waals surface area contributed by atoms with Crippen molar-refractivity contribution in [1.82, 2.24) is 0 Å². The summed E-state index contributed by atoms with van der Waals surface area (Å²) in [5, 5.41) is 0. The van der Waals surface area contributed by atoms with Gasteiger partial charge < -0.3 is 0 Å². The number of hydrogen-bond acceptors (Lipinski definition) is 0. The van der Waals surface area contributed by atoms with Crippen molar-refractivity contribution in [3.63, 3.8) is 0 Å². The first-order valence-electron chi connectivity index (χ1n) is 10.9. The van der Waals surface area contributed by atoms with Gasteiger partial charge in [0.15, 0.2) is 11.7 Å². The smallest absolute Gasteiger partial charge is 0.161 e. The lowest BCUT2D eigenvalue weighted by Gasteiger charge is -2.38. The van der Waals surface area contributed by atoms with Crippen LogP contribution in [0.15, 0.2) is 35.5 Å². The molecule has 0 N–H and O–H groups in total. The maximum Gasteiger partial charge on any atom is 0.161 e. The number of allylic oxidation sites excluding steroid dienone is 5. The fourth-order valence-electron chi connectivity index (χ4n) is 5.12. The Kier molecular flexibility index (Phi) is 8.57. The molecule has 2 aliphatic rings. The van der Waals surface area contributed by atoms with Crippen LogP contribution >= 0.6 is 0 Å². The third kappa shape index (κ3) is 5.30. The van der Waals surface area contributed by atoms with Crippen molar-refractivity contribution in [3.8, 4) is 0 Å². The van der Waals surface area contributed by atoms with Crippen LogP contribution in [0, 0.1) is 23.7 Å². The van der Waals surface area contributed by atoms with E-state index in [-0.39, 0.29) is 5.92 Å². The molecular weight excluding hydrogens is 326 g/mol. The zero-order valence-electron chi connectivity index (χ0n) is 17.1. The molecule has 0 saturated heterocycles. The quantitative estimate of drug-likeness (QED) is 0.397. The van der Waals surface area contributed by atoms with Gasteiger partial charge in [-0.25, -0.2) is 8.78 Å². The number of rotatable bonds is 7. The summed E-state index contributed by atoms with van der Waals surface area (Å²) in [7, 11) is 0. The molecule has 0 radical (unpaired) electrons. The van der Waals surface area contributed by atoms with Crippen LogP contribution in [-0.2, 0) is 0 Å². The van der Waals surface area contributed by atoms with E-state index in [9.17, 15) is 8.78 Å². The number of hydrogen-bond donors (Lipinski definition) is 0. The van der Waals surface area contributed by atoms with Gasteiger partial charge in [-0.3, -0.25) is 0 Å². The SMILES string of the molecule is C=C(/C(F)=C(F)\C(=C/C)CCC)C1CCC(C2CCC(CC)CC2)CC1. The van der Waals surface area contributed by atoms with Crippen LogP contribution < -0.4 is 0 Å². The molecule has 0 aromatic rings. The van der Waals surface area contributed by atoms with Crippen LogP contribution in [0.3, 0.4) is 0 Å². The molecule has 0 spiro atoms. The van der Waals surface area contributed by atoms with Gasteiger partial charge in [-0.1, -0.05) is 52.2 Å². The lowest BCUT2D eigenvalue weighted by atomic mass is 9.68. The molecule has 2 saturated carbocycles. The van der Waals surface area contributed by atoms with Gasteiger partial charge in [0.2, 0.25) is 0 Å². The van der Waals surface area contributed by atoms with Crippen molar-refractivity contribution in [2.45, 2.75) is 91.4 Å². The van der Waals surface area contributed by atoms with E-state index < -0.39 is 11.7 Å². The van der Waals surface area contributed by atoms with Gasteiger partial charge in [0.05, 0.1) is 0 Å². The normalized spacial score (nSPS) is 31.5. The van der Waals surface area contributed by atoms with Gasteiger partial charge in [-0.15, -0.1) is 0 Å². The third-order valence-corrected chi connectivity index (χ3v) is 7.02. The van der Waals surface area contributed by atoms with Gasteiger partial charge in [0.1, 0.15) is 0 Å². The second-order valence-corrected chi connectivity index (χ2v) is 8.52. The maximum atomic E-state index is 14.6. The Labute approximate surface area is 159 Å². The predicted molar refractivity (Wildman–Crippen MR) is 108 cm³/mol. The Morgan fingerprint density at radius 1 is 0.885 bits per heavy atom. The molecule has 0 amide bonds. The average molecular weight is 365 g/mol. The van der Waals surface area contributed by atoms with E-state index in [0.29, 0.717) is 17.6 Å². The van der Waals surface area contributed by atoms with Gasteiger partial charge in [0, 0.05) is 0 Å². The van der Waals surface area contributed by atoms with E-state index >= 15 is 0 Å². The first kappa shape index (κ1) is 21.4. The summed E-state index contributed by atoms with van der Waals surface area (Å²) in [5.74, 6) is 1.33. The third-order valence-electron chi connectivity index (χ3n) is 7.02. The Hall–Kier alpha value is -0.920. The molecule has 0 heterocycles. The molecular formula is C24H38F2. The minimum absolute atomic E-state index is 0.115. The molecule has 0 aromatic heterocycles. The van der Waals surface area contributed by atoms with Gasteiger partial charge in [0.25, 0.3) is 0 Å². The number of halogens is 2. The molecule has 26 heavy (non-hydrogen) atoms. The van der Waals surface area contributed by atoms with Crippen LogP contribution in [0.25, 0.3) is 0 Å². The fourth-order valence-corrected chi connectivity index (χ4v) is 5.12. The van der Waals surface area contributed by atoms with Crippen molar-refractivity contribution in [2.24, 2.45) is 23.7 Å². The first-order chi connectivity index (χ1) is 12.5. The highest BCUT2D eigenvalue weighted by molar-refractivity contribution is 5.37. The highest BCUT2D eigenvalue weighted by atomic mass is 19.2. The van der Waals surface area contributed by atoms with Gasteiger partial charge in [-0.05, 0) is 86.7 Å². The van der Waals surface area contributed by atoms with E-state index in [4.69, 9.17) is 0 Å². The van der Waals surface area contributed by atoms with E-state index in [1.165, 1.54) is 32.1 Å². The van der Waals surface area contributed by atoms with E-state index in [0.717, 1.165) is 49.9 Å². The average Bonchev–Trinajstić information content (AvgIpc) is 2.70. The summed E-state index contributed by atoms with van der Waals surface area (Å²) < 4.78 is 29.1. The summed E-state index contributed by atoms with van der Waals surface area (Å²) in [4.78, 5) is 0. The predicted octanol–water partition coefficient (Wildman–Crippen LogP) is 8.46. The molecule has 2 aliphatic carbocycles. The molecule has 2 rings (SSSR count). The molecule has 148 valence electrons. The standard InChI is InChI=1S/C24H38F2/c1-5-8-19(7-3)24(26)23(25)17(4)20-13-15-22(16-14-20)21-11-9-18(6-2)10-12-21/h7,18,20-22H,4-6,8-16H2,1-3H3/b19-7-,24-23-. The van der Waals surface area contributed by atoms with Crippen LogP contribution in [0.1, 0.15) is 91.4 Å². The Bertz CT molecular complexity index is 512. The van der Waals surface area contributed by atoms with Gasteiger partial charge >= 0.3 is 0 Å². The Morgan fingerprint density at radius 3 is 1.88 bits per heavy atom. The largest absolute Gasteiger partial charge is 0.203 e. The van der Waals surface area contributed by atoms with Crippen molar-refractivity contribution in [3.05, 3.63) is 35.5 Å². The first-order valence-corrected chi connectivity index (χ1v) is 10.9. The van der Waals surface area contributed by atoms with Gasteiger partial charge in [-0.2, -0.15) is 0 Å². The summed E-state index contributed by atoms with van der Waals surface area (Å²) >= 11 is 0. The molecule has 2 fully saturated rings. The van der Waals surface area contributed by atoms with Crippen LogP contribution in [0.5, 0.6) is 0 Å². The summed E-state index contributed by atoms with van der Waals surface area (Å²) in [6.45, 7) is 10.0. The minimum Gasteiger partial charge on any atom is -0.203 e. The molecule has 0 unspecified atom stereocenters. The molecule has 2 heteroatoms. The second-order valence-electron chi connectivity index (χ2n) is 8.52. The molecule has 0 aliphatic heterocycles. The monoisotopic (exact) mass is 364 g/mol. The van der Waals surface area contributed by atoms with E-state index in [2.05, 4.69) is 13.5 Å². The zero-order chi connectivity index (χ0) is 19.1. The van der Waals surface area contributed by atoms with Crippen LogP contribution in [0.2, 0.25) is 0 Å². The van der Waals surface area contributed by atoms with Crippen molar-refractivity contribution < 1.29 is 8.78 Å². The Balaban J connectivity index is 1.89. The summed E-state index contributed by atoms with van der Waals surface area (Å²) in [5.41, 5.74) is 0.874. The highest BCUT2D eigenvalue weighted by Gasteiger charge is 2.32. The van der Waals surface area contributed by atoms with Crippen molar-refractivity contribution in [1.29, 1.82) is 0 Å². The van der Waals surface area contributed by atoms with Crippen LogP contribution in [0.4, 0.5) is 8.78 Å². The van der Waals surface area contributed by atoms with Crippen LogP contribution in [-0.4, -0.2) is 0 Å². The lowest BCUT2D eigenvalue weighted by Crippen LogP contribution is -2.26. The van der Waals surface area contributed by atoms with E-state index in [1.54, 1.807) is 13.0 Å². The van der Waals surface area contributed by atoms with E-state index in [1.807, 2.05) is 6.92 Å². The topological polar surface area (TPSA) is 0 Å². The molecule has 0 bridgehead atoms. The van der Waals surface area contributed by atoms with Crippen molar-refractivity contribution >= 4 is 0 Å². The van der Waals surface area contributed by atoms with Crippen molar-refractivity contribution in [2.75, 3.05) is 0 Å². The molecule has 0 nitrogen and oxygen atoms in total. The lowest BCUT2D eigenvalue weighted by molar-refractivity contribution is 0.152. The minimum atomic E-state index is -0.696. The second kappa shape index (κ2) is 10.4. The fraction of sp³-hybridized carbons (Fsp3) is 0.750. The Morgan fingerprint density at radius 2 is 1.42 bits per heavy atom. The molecule has 0 atom stereocenters. The summed E-state index contributed by atoms with van der Waals surface area (Å²) in [6, 6.07) is 0. The molecule has 0 aromatic carbocycles. The zero-order valence-corrected chi connectivity index (χ0v) is 17.1. The maximum absolute atomic E-state index is 14.6. The summed E-state index contributed by atoms with van der Waals surface area (Å²) in [6.07, 6.45) is 14.2. The highest BCUT2D eigenvalue weighted by Crippen LogP contribution is 2.44.